The fourth-order valence-corrected chi connectivity index (χ4v) is 4.11. The maximum absolute atomic E-state index is 6.07. The molecule has 0 bridgehead atoms. The van der Waals surface area contributed by atoms with Crippen molar-refractivity contribution in [3.63, 3.8) is 0 Å². The van der Waals surface area contributed by atoms with Gasteiger partial charge >= 0.3 is 0 Å². The predicted molar refractivity (Wildman–Crippen MR) is 83.8 cm³/mol. The number of methoxy groups -OCH3 is 1. The van der Waals surface area contributed by atoms with Crippen molar-refractivity contribution in [2.45, 2.75) is 38.1 Å². The number of halogens is 1. The molecule has 0 amide bonds. The van der Waals surface area contributed by atoms with Crippen LogP contribution in [0.5, 0.6) is 11.5 Å². The molecule has 4 heteroatoms. The van der Waals surface area contributed by atoms with Gasteiger partial charge < -0.3 is 9.47 Å². The fraction of sp³-hybridized carbons (Fsp3) is 0.625. The average molecular weight is 340 g/mol. The summed E-state index contributed by atoms with van der Waals surface area (Å²) in [5.41, 5.74) is 1.26. The Labute approximate surface area is 129 Å². The van der Waals surface area contributed by atoms with Gasteiger partial charge in [-0.25, -0.2) is 0 Å². The van der Waals surface area contributed by atoms with E-state index >= 15 is 0 Å². The summed E-state index contributed by atoms with van der Waals surface area (Å²) >= 11 is 3.61. The van der Waals surface area contributed by atoms with Crippen molar-refractivity contribution in [1.29, 1.82) is 0 Å². The third-order valence-corrected chi connectivity index (χ3v) is 5.13. The molecule has 3 nitrogen and oxygen atoms in total. The lowest BCUT2D eigenvalue weighted by molar-refractivity contribution is 0.0641. The highest BCUT2D eigenvalue weighted by Gasteiger charge is 2.39. The molecule has 3 rings (SSSR count). The van der Waals surface area contributed by atoms with E-state index in [1.54, 1.807) is 7.11 Å². The van der Waals surface area contributed by atoms with E-state index < -0.39 is 0 Å². The largest absolute Gasteiger partial charge is 0.496 e. The first kappa shape index (κ1) is 14.2. The maximum atomic E-state index is 6.07. The van der Waals surface area contributed by atoms with Gasteiger partial charge in [-0.15, -0.1) is 0 Å². The average Bonchev–Trinajstić information content (AvgIpc) is 2.48. The molecular weight excluding hydrogens is 318 g/mol. The highest BCUT2D eigenvalue weighted by Crippen LogP contribution is 2.48. The van der Waals surface area contributed by atoms with Gasteiger partial charge in [-0.1, -0.05) is 6.92 Å². The zero-order valence-electron chi connectivity index (χ0n) is 12.2. The van der Waals surface area contributed by atoms with Gasteiger partial charge in [0.2, 0.25) is 0 Å². The van der Waals surface area contributed by atoms with Crippen LogP contribution in [0, 0.1) is 0 Å². The molecule has 2 atom stereocenters. The lowest BCUT2D eigenvalue weighted by Crippen LogP contribution is -2.49. The number of likely N-dealkylation sites (tertiary alicyclic amines) is 1. The fourth-order valence-electron chi connectivity index (χ4n) is 3.65. The zero-order valence-corrected chi connectivity index (χ0v) is 13.8. The zero-order chi connectivity index (χ0) is 14.1. The number of hydrogen-bond donors (Lipinski definition) is 0. The minimum Gasteiger partial charge on any atom is -0.496 e. The number of rotatable bonds is 3. The summed E-state index contributed by atoms with van der Waals surface area (Å²) in [5.74, 6) is 2.49. The minimum absolute atomic E-state index is 0.499. The van der Waals surface area contributed by atoms with Gasteiger partial charge in [0.1, 0.15) is 18.1 Å². The number of ether oxygens (including phenoxy) is 2. The van der Waals surface area contributed by atoms with E-state index in [1.807, 2.05) is 12.1 Å². The molecule has 1 saturated heterocycles. The molecule has 0 aliphatic carbocycles. The molecule has 2 aliphatic rings. The molecule has 0 spiro atoms. The van der Waals surface area contributed by atoms with Crippen molar-refractivity contribution in [3.05, 3.63) is 22.2 Å². The highest BCUT2D eigenvalue weighted by molar-refractivity contribution is 9.10. The number of nitrogens with zero attached hydrogens (tertiary/aromatic N) is 1. The first-order valence-electron chi connectivity index (χ1n) is 7.49. The molecule has 0 radical (unpaired) electrons. The summed E-state index contributed by atoms with van der Waals surface area (Å²) < 4.78 is 12.7. The molecule has 0 unspecified atom stereocenters. The number of hydrogen-bond acceptors (Lipinski definition) is 3. The van der Waals surface area contributed by atoms with Crippen LogP contribution in [0.25, 0.3) is 0 Å². The van der Waals surface area contributed by atoms with Gasteiger partial charge in [-0.3, -0.25) is 4.90 Å². The Hall–Kier alpha value is -0.740. The number of piperidine rings is 1. The molecule has 0 saturated carbocycles. The van der Waals surface area contributed by atoms with Crippen LogP contribution >= 0.6 is 15.9 Å². The second-order valence-corrected chi connectivity index (χ2v) is 6.51. The van der Waals surface area contributed by atoms with Gasteiger partial charge in [-0.05, 0) is 60.4 Å². The van der Waals surface area contributed by atoms with Crippen molar-refractivity contribution in [3.8, 4) is 11.5 Å². The van der Waals surface area contributed by atoms with Gasteiger partial charge in [-0.2, -0.15) is 0 Å². The molecule has 2 heterocycles. The first-order valence-corrected chi connectivity index (χ1v) is 8.28. The summed E-state index contributed by atoms with van der Waals surface area (Å²) in [6.45, 7) is 5.40. The Morgan fingerprint density at radius 3 is 3.05 bits per heavy atom. The monoisotopic (exact) mass is 339 g/mol. The quantitative estimate of drug-likeness (QED) is 0.835. The third kappa shape index (κ3) is 2.33. The maximum Gasteiger partial charge on any atom is 0.140 e. The predicted octanol–water partition coefficient (Wildman–Crippen LogP) is 3.81. The SMILES string of the molecule is CCCN1CCC[C@@H]2c3c(OC)ccc(Br)c3OC[C@H]21. The first-order chi connectivity index (χ1) is 9.76. The van der Waals surface area contributed by atoms with Crippen molar-refractivity contribution >= 4 is 15.9 Å². The normalized spacial score (nSPS) is 25.6. The van der Waals surface area contributed by atoms with E-state index in [-0.39, 0.29) is 0 Å². The van der Waals surface area contributed by atoms with Crippen LogP contribution in [0.3, 0.4) is 0 Å². The molecule has 20 heavy (non-hydrogen) atoms. The van der Waals surface area contributed by atoms with Gasteiger partial charge in [0, 0.05) is 11.5 Å². The van der Waals surface area contributed by atoms with Crippen molar-refractivity contribution in [2.75, 3.05) is 26.8 Å². The molecule has 1 fully saturated rings. The van der Waals surface area contributed by atoms with Gasteiger partial charge in [0.15, 0.2) is 0 Å². The van der Waals surface area contributed by atoms with Crippen molar-refractivity contribution in [1.82, 2.24) is 4.90 Å². The van der Waals surface area contributed by atoms with Crippen LogP contribution in [0.4, 0.5) is 0 Å². The summed E-state index contributed by atoms with van der Waals surface area (Å²) in [6.07, 6.45) is 3.69. The van der Waals surface area contributed by atoms with Crippen LogP contribution in [0.15, 0.2) is 16.6 Å². The molecule has 1 aromatic rings. The van der Waals surface area contributed by atoms with E-state index in [0.29, 0.717) is 12.0 Å². The number of fused-ring (bicyclic) bond motifs is 3. The van der Waals surface area contributed by atoms with Crippen molar-refractivity contribution < 1.29 is 9.47 Å². The minimum atomic E-state index is 0.499. The van der Waals surface area contributed by atoms with Gasteiger partial charge in [0.25, 0.3) is 0 Å². The molecular formula is C16H22BrNO2. The van der Waals surface area contributed by atoms with Crippen LogP contribution < -0.4 is 9.47 Å². The highest BCUT2D eigenvalue weighted by atomic mass is 79.9. The second-order valence-electron chi connectivity index (χ2n) is 5.66. The van der Waals surface area contributed by atoms with E-state index in [4.69, 9.17) is 9.47 Å². The smallest absolute Gasteiger partial charge is 0.140 e. The van der Waals surface area contributed by atoms with E-state index in [0.717, 1.165) is 29.1 Å². The summed E-state index contributed by atoms with van der Waals surface area (Å²) in [5, 5.41) is 0. The number of benzene rings is 1. The van der Waals surface area contributed by atoms with Crippen LogP contribution in [0.2, 0.25) is 0 Å². The Kier molecular flexibility index (Phi) is 4.22. The van der Waals surface area contributed by atoms with Crippen molar-refractivity contribution in [2.24, 2.45) is 0 Å². The summed E-state index contributed by atoms with van der Waals surface area (Å²) in [7, 11) is 1.75. The van der Waals surface area contributed by atoms with E-state index in [2.05, 4.69) is 27.8 Å². The van der Waals surface area contributed by atoms with Crippen LogP contribution in [0.1, 0.15) is 37.7 Å². The van der Waals surface area contributed by atoms with E-state index in [1.165, 1.54) is 31.4 Å². The summed E-state index contributed by atoms with van der Waals surface area (Å²) in [6, 6.07) is 4.57. The Bertz CT molecular complexity index is 490. The standard InChI is InChI=1S/C16H22BrNO2/c1-3-8-18-9-4-5-11-13(18)10-20-16-12(17)6-7-14(19-2)15(11)16/h6-7,11,13H,3-5,8-10H2,1-2H3/t11-,13+/m0/s1. The Morgan fingerprint density at radius 2 is 2.30 bits per heavy atom. The Balaban J connectivity index is 2.00. The van der Waals surface area contributed by atoms with Crippen LogP contribution in [-0.2, 0) is 0 Å². The molecule has 2 aliphatic heterocycles. The second kappa shape index (κ2) is 5.94. The molecule has 0 aromatic heterocycles. The third-order valence-electron chi connectivity index (χ3n) is 4.50. The van der Waals surface area contributed by atoms with Gasteiger partial charge in [0.05, 0.1) is 17.6 Å². The lowest BCUT2D eigenvalue weighted by atomic mass is 9.81. The topological polar surface area (TPSA) is 21.7 Å². The summed E-state index contributed by atoms with van der Waals surface area (Å²) in [4.78, 5) is 2.59. The Morgan fingerprint density at radius 1 is 1.45 bits per heavy atom. The lowest BCUT2D eigenvalue weighted by Gasteiger charge is -2.45. The molecule has 0 N–H and O–H groups in total. The van der Waals surface area contributed by atoms with E-state index in [9.17, 15) is 0 Å². The molecule has 1 aromatic carbocycles. The van der Waals surface area contributed by atoms with Crippen LogP contribution in [-0.4, -0.2) is 37.7 Å². The molecule has 110 valence electrons.